The molecule has 2 heterocycles. The molecule has 1 saturated heterocycles. The van der Waals surface area contributed by atoms with E-state index in [1.54, 1.807) is 16.2 Å². The van der Waals surface area contributed by atoms with Crippen LogP contribution in [0, 0.1) is 5.41 Å². The van der Waals surface area contributed by atoms with Crippen molar-refractivity contribution in [3.05, 3.63) is 20.8 Å². The maximum atomic E-state index is 12.7. The van der Waals surface area contributed by atoms with Crippen LogP contribution in [0.2, 0.25) is 0 Å². The summed E-state index contributed by atoms with van der Waals surface area (Å²) < 4.78 is 1.01. The maximum absolute atomic E-state index is 12.7. The molecule has 1 aromatic heterocycles. The molecule has 0 bridgehead atoms. The monoisotopic (exact) mass is 372 g/mol. The molecule has 4 nitrogen and oxygen atoms in total. The van der Waals surface area contributed by atoms with Gasteiger partial charge in [-0.15, -0.1) is 11.3 Å². The van der Waals surface area contributed by atoms with Crippen LogP contribution < -0.4 is 5.32 Å². The lowest BCUT2D eigenvalue weighted by atomic mass is 9.83. The Morgan fingerprint density at radius 3 is 2.52 bits per heavy atom. The predicted octanol–water partition coefficient (Wildman–Crippen LogP) is 3.16. The highest BCUT2D eigenvalue weighted by molar-refractivity contribution is 9.10. The Morgan fingerprint density at radius 1 is 1.38 bits per heavy atom. The minimum atomic E-state index is -0.436. The van der Waals surface area contributed by atoms with Crippen molar-refractivity contribution in [1.82, 2.24) is 10.2 Å². The van der Waals surface area contributed by atoms with E-state index < -0.39 is 12.1 Å². The van der Waals surface area contributed by atoms with E-state index >= 15 is 0 Å². The molecule has 21 heavy (non-hydrogen) atoms. The Labute approximate surface area is 138 Å². The summed E-state index contributed by atoms with van der Waals surface area (Å²) in [7, 11) is 0. The Hall–Kier alpha value is -0.880. The minimum absolute atomic E-state index is 0.0153. The predicted molar refractivity (Wildman–Crippen MR) is 88.0 cm³/mol. The number of hydrogen-bond acceptors (Lipinski definition) is 3. The molecule has 1 N–H and O–H groups in total. The normalized spacial score (nSPS) is 23.4. The molecule has 0 radical (unpaired) electrons. The highest BCUT2D eigenvalue weighted by atomic mass is 79.9. The molecule has 1 fully saturated rings. The van der Waals surface area contributed by atoms with Gasteiger partial charge in [0.05, 0.1) is 6.54 Å². The number of nitrogens with one attached hydrogen (secondary N) is 1. The molecule has 0 spiro atoms. The summed E-state index contributed by atoms with van der Waals surface area (Å²) in [6.45, 7) is 8.39. The van der Waals surface area contributed by atoms with Gasteiger partial charge in [0, 0.05) is 14.7 Å². The zero-order valence-electron chi connectivity index (χ0n) is 12.8. The fraction of sp³-hybridized carbons (Fsp3) is 0.600. The summed E-state index contributed by atoms with van der Waals surface area (Å²) in [5.74, 6) is -0.0360. The van der Waals surface area contributed by atoms with Crippen molar-refractivity contribution in [2.75, 3.05) is 0 Å². The molecule has 2 amide bonds. The number of halogens is 1. The average Bonchev–Trinajstić information content (AvgIpc) is 2.77. The number of thiophene rings is 1. The fourth-order valence-corrected chi connectivity index (χ4v) is 4.14. The third-order valence-corrected chi connectivity index (χ3v) is 5.32. The molecule has 116 valence electrons. The van der Waals surface area contributed by atoms with Crippen LogP contribution in [0.15, 0.2) is 15.9 Å². The van der Waals surface area contributed by atoms with E-state index in [1.807, 2.05) is 39.1 Å². The lowest BCUT2D eigenvalue weighted by Crippen LogP contribution is -2.66. The molecule has 1 aliphatic heterocycles. The van der Waals surface area contributed by atoms with E-state index in [-0.39, 0.29) is 17.2 Å². The maximum Gasteiger partial charge on any atom is 0.246 e. The Morgan fingerprint density at radius 2 is 2.05 bits per heavy atom. The van der Waals surface area contributed by atoms with Gasteiger partial charge in [-0.25, -0.2) is 0 Å². The number of rotatable bonds is 3. The smallest absolute Gasteiger partial charge is 0.246 e. The van der Waals surface area contributed by atoms with Crippen molar-refractivity contribution in [2.45, 2.75) is 52.7 Å². The molecule has 0 aromatic carbocycles. The number of amides is 2. The first kappa shape index (κ1) is 16.5. The van der Waals surface area contributed by atoms with Gasteiger partial charge < -0.3 is 10.2 Å². The summed E-state index contributed by atoms with van der Waals surface area (Å²) in [6, 6.07) is 1.17. The molecule has 1 aliphatic rings. The van der Waals surface area contributed by atoms with Gasteiger partial charge >= 0.3 is 0 Å². The summed E-state index contributed by atoms with van der Waals surface area (Å²) in [5.41, 5.74) is -0.299. The van der Waals surface area contributed by atoms with Crippen LogP contribution in [0.3, 0.4) is 0 Å². The number of carbonyl (C=O) groups is 2. The highest BCUT2D eigenvalue weighted by Gasteiger charge is 2.45. The standard InChI is InChI=1S/C15H21BrN2O2S/c1-5-11-14(20)18(7-10-6-9(16)8-21-10)12(13(19)17-11)15(2,3)4/h6,8,11-12H,5,7H2,1-4H3,(H,17,19). The lowest BCUT2D eigenvalue weighted by molar-refractivity contribution is -0.154. The highest BCUT2D eigenvalue weighted by Crippen LogP contribution is 2.31. The minimum Gasteiger partial charge on any atom is -0.342 e. The van der Waals surface area contributed by atoms with Gasteiger partial charge in [-0.3, -0.25) is 9.59 Å². The van der Waals surface area contributed by atoms with Gasteiger partial charge in [0.2, 0.25) is 11.8 Å². The quantitative estimate of drug-likeness (QED) is 0.885. The molecule has 1 aromatic rings. The second-order valence-corrected chi connectivity index (χ2v) is 8.35. The third kappa shape index (κ3) is 3.48. The summed E-state index contributed by atoms with van der Waals surface area (Å²) in [6.07, 6.45) is 0.617. The van der Waals surface area contributed by atoms with Gasteiger partial charge in [0.15, 0.2) is 0 Å². The van der Waals surface area contributed by atoms with Crippen LogP contribution in [-0.4, -0.2) is 28.8 Å². The summed E-state index contributed by atoms with van der Waals surface area (Å²) in [4.78, 5) is 27.9. The lowest BCUT2D eigenvalue weighted by Gasteiger charge is -2.44. The van der Waals surface area contributed by atoms with E-state index in [0.29, 0.717) is 13.0 Å². The van der Waals surface area contributed by atoms with Crippen LogP contribution in [0.5, 0.6) is 0 Å². The van der Waals surface area contributed by atoms with E-state index in [1.165, 1.54) is 0 Å². The first-order valence-electron chi connectivity index (χ1n) is 7.07. The van der Waals surface area contributed by atoms with Crippen LogP contribution in [0.25, 0.3) is 0 Å². The SMILES string of the molecule is CCC1NC(=O)C(C(C)(C)C)N(Cc2cc(Br)cs2)C1=O. The number of carbonyl (C=O) groups excluding carboxylic acids is 2. The van der Waals surface area contributed by atoms with Gasteiger partial charge in [-0.2, -0.15) is 0 Å². The molecule has 0 saturated carbocycles. The van der Waals surface area contributed by atoms with E-state index in [9.17, 15) is 9.59 Å². The number of hydrogen-bond donors (Lipinski definition) is 1. The van der Waals surface area contributed by atoms with Crippen molar-refractivity contribution in [3.8, 4) is 0 Å². The van der Waals surface area contributed by atoms with Crippen molar-refractivity contribution in [1.29, 1.82) is 0 Å². The van der Waals surface area contributed by atoms with Crippen LogP contribution in [0.4, 0.5) is 0 Å². The number of nitrogens with zero attached hydrogens (tertiary/aromatic N) is 1. The second kappa shape index (κ2) is 6.08. The molecular weight excluding hydrogens is 352 g/mol. The average molecular weight is 373 g/mol. The van der Waals surface area contributed by atoms with Crippen LogP contribution >= 0.6 is 27.3 Å². The van der Waals surface area contributed by atoms with E-state index in [2.05, 4.69) is 21.2 Å². The van der Waals surface area contributed by atoms with Crippen LogP contribution in [0.1, 0.15) is 39.0 Å². The van der Waals surface area contributed by atoms with Crippen molar-refractivity contribution in [3.63, 3.8) is 0 Å². The first-order valence-corrected chi connectivity index (χ1v) is 8.75. The van der Waals surface area contributed by atoms with E-state index in [0.717, 1.165) is 9.35 Å². The van der Waals surface area contributed by atoms with Gasteiger partial charge in [0.25, 0.3) is 0 Å². The largest absolute Gasteiger partial charge is 0.342 e. The van der Waals surface area contributed by atoms with Gasteiger partial charge in [-0.05, 0) is 33.8 Å². The molecular formula is C15H21BrN2O2S. The number of piperazine rings is 1. The molecule has 2 unspecified atom stereocenters. The third-order valence-electron chi connectivity index (χ3n) is 3.63. The molecule has 2 atom stereocenters. The fourth-order valence-electron chi connectivity index (χ4n) is 2.69. The van der Waals surface area contributed by atoms with Gasteiger partial charge in [-0.1, -0.05) is 27.7 Å². The van der Waals surface area contributed by atoms with Crippen LogP contribution in [-0.2, 0) is 16.1 Å². The van der Waals surface area contributed by atoms with Crippen molar-refractivity contribution in [2.24, 2.45) is 5.41 Å². The van der Waals surface area contributed by atoms with Crippen molar-refractivity contribution < 1.29 is 9.59 Å². The topological polar surface area (TPSA) is 49.4 Å². The molecule has 6 heteroatoms. The second-order valence-electron chi connectivity index (χ2n) is 6.44. The Kier molecular flexibility index (Phi) is 4.78. The summed E-state index contributed by atoms with van der Waals surface area (Å²) in [5, 5.41) is 4.85. The Balaban J connectivity index is 2.33. The zero-order chi connectivity index (χ0) is 15.8. The first-order chi connectivity index (χ1) is 9.74. The Bertz CT molecular complexity index is 550. The molecule has 2 rings (SSSR count). The zero-order valence-corrected chi connectivity index (χ0v) is 15.2. The van der Waals surface area contributed by atoms with Crippen molar-refractivity contribution >= 4 is 39.1 Å². The van der Waals surface area contributed by atoms with E-state index in [4.69, 9.17) is 0 Å². The van der Waals surface area contributed by atoms with Gasteiger partial charge in [0.1, 0.15) is 12.1 Å². The summed E-state index contributed by atoms with van der Waals surface area (Å²) >= 11 is 5.03. The molecule has 0 aliphatic carbocycles.